The highest BCUT2D eigenvalue weighted by molar-refractivity contribution is 5.79. The van der Waals surface area contributed by atoms with Crippen molar-refractivity contribution in [1.82, 2.24) is 15.1 Å². The van der Waals surface area contributed by atoms with Crippen LogP contribution in [0.25, 0.3) is 0 Å². The number of piperazine rings is 1. The summed E-state index contributed by atoms with van der Waals surface area (Å²) in [4.78, 5) is 9.23. The Hall–Kier alpha value is -1.99. The quantitative estimate of drug-likeness (QED) is 0.374. The number of nitrogens with one attached hydrogen (secondary N) is 1. The maximum atomic E-state index is 5.51. The number of hydrogen-bond acceptors (Lipinski definition) is 5. The third kappa shape index (κ3) is 6.87. The van der Waals surface area contributed by atoms with E-state index in [9.17, 15) is 0 Å². The minimum Gasteiger partial charge on any atom is -0.497 e. The van der Waals surface area contributed by atoms with E-state index in [1.807, 2.05) is 26.1 Å². The summed E-state index contributed by atoms with van der Waals surface area (Å²) in [5.41, 5.74) is 1.16. The minimum atomic E-state index is 0.793. The van der Waals surface area contributed by atoms with Gasteiger partial charge >= 0.3 is 0 Å². The minimum absolute atomic E-state index is 0.793. The third-order valence-electron chi connectivity index (χ3n) is 4.97. The van der Waals surface area contributed by atoms with Gasteiger partial charge in [0.25, 0.3) is 0 Å². The molecule has 1 aromatic carbocycles. The van der Waals surface area contributed by atoms with Crippen molar-refractivity contribution in [2.24, 2.45) is 4.99 Å². The van der Waals surface area contributed by atoms with Crippen molar-refractivity contribution in [2.45, 2.75) is 26.3 Å². The van der Waals surface area contributed by atoms with Gasteiger partial charge in [-0.15, -0.1) is 0 Å². The predicted octanol–water partition coefficient (Wildman–Crippen LogP) is 2.21. The summed E-state index contributed by atoms with van der Waals surface area (Å²) in [6.07, 6.45) is 2.17. The number of methoxy groups -OCH3 is 2. The molecule has 0 unspecified atom stereocenters. The van der Waals surface area contributed by atoms with Crippen LogP contribution >= 0.6 is 0 Å². The lowest BCUT2D eigenvalue weighted by molar-refractivity contribution is 0.143. The Morgan fingerprint density at radius 3 is 2.54 bits per heavy atom. The van der Waals surface area contributed by atoms with Crippen molar-refractivity contribution in [3.63, 3.8) is 0 Å². The molecule has 0 aliphatic carbocycles. The smallest absolute Gasteiger partial charge is 0.193 e. The fraction of sp³-hybridized carbons (Fsp3) is 0.667. The van der Waals surface area contributed by atoms with Gasteiger partial charge in [0.2, 0.25) is 0 Å². The van der Waals surface area contributed by atoms with E-state index in [4.69, 9.17) is 14.2 Å². The first-order valence-corrected chi connectivity index (χ1v) is 10.2. The van der Waals surface area contributed by atoms with Gasteiger partial charge in [-0.1, -0.05) is 0 Å². The first kappa shape index (κ1) is 22.3. The number of aliphatic imine (C=N–C) groups is 1. The van der Waals surface area contributed by atoms with Crippen LogP contribution in [0.3, 0.4) is 0 Å². The van der Waals surface area contributed by atoms with Crippen molar-refractivity contribution >= 4 is 5.96 Å². The molecule has 1 aromatic rings. The Morgan fingerprint density at radius 2 is 1.89 bits per heavy atom. The number of ether oxygens (including phenoxy) is 3. The lowest BCUT2D eigenvalue weighted by Gasteiger charge is -2.36. The van der Waals surface area contributed by atoms with Gasteiger partial charge in [-0.3, -0.25) is 9.89 Å². The zero-order valence-corrected chi connectivity index (χ0v) is 17.9. The highest BCUT2D eigenvalue weighted by atomic mass is 16.5. The second kappa shape index (κ2) is 12.5. The average Bonchev–Trinajstić information content (AvgIpc) is 2.74. The topological polar surface area (TPSA) is 58.6 Å². The number of guanidine groups is 1. The Bertz CT molecular complexity index is 601. The molecule has 28 heavy (non-hydrogen) atoms. The van der Waals surface area contributed by atoms with E-state index in [2.05, 4.69) is 26.2 Å². The van der Waals surface area contributed by atoms with Crippen LogP contribution in [-0.4, -0.2) is 83.0 Å². The van der Waals surface area contributed by atoms with Crippen molar-refractivity contribution in [2.75, 3.05) is 67.2 Å². The second-order valence-corrected chi connectivity index (χ2v) is 6.82. The van der Waals surface area contributed by atoms with Crippen LogP contribution in [-0.2, 0) is 11.3 Å². The Morgan fingerprint density at radius 1 is 1.11 bits per heavy atom. The van der Waals surface area contributed by atoms with E-state index in [0.717, 1.165) is 88.3 Å². The molecule has 0 bridgehead atoms. The maximum Gasteiger partial charge on any atom is 0.193 e. The standard InChI is InChI=1S/C21H36N4O3/c1-5-28-15-7-6-10-23-21(22-2)25-13-11-24(12-14-25)17-18-16-19(26-3)8-9-20(18)27-4/h8-9,16H,5-7,10-15,17H2,1-4H3,(H,22,23). The number of hydrogen-bond donors (Lipinski definition) is 1. The molecule has 1 heterocycles. The van der Waals surface area contributed by atoms with Gasteiger partial charge in [0, 0.05) is 65.1 Å². The number of benzene rings is 1. The third-order valence-corrected chi connectivity index (χ3v) is 4.97. The van der Waals surface area contributed by atoms with Crippen molar-refractivity contribution in [1.29, 1.82) is 0 Å². The highest BCUT2D eigenvalue weighted by Gasteiger charge is 2.20. The summed E-state index contributed by atoms with van der Waals surface area (Å²) >= 11 is 0. The molecule has 7 nitrogen and oxygen atoms in total. The molecule has 1 saturated heterocycles. The van der Waals surface area contributed by atoms with Gasteiger partial charge in [0.05, 0.1) is 14.2 Å². The predicted molar refractivity (Wildman–Crippen MR) is 113 cm³/mol. The first-order chi connectivity index (χ1) is 13.7. The van der Waals surface area contributed by atoms with Gasteiger partial charge in [-0.05, 0) is 38.0 Å². The SMILES string of the molecule is CCOCCCCNC(=NC)N1CCN(Cc2cc(OC)ccc2OC)CC1. The molecule has 1 fully saturated rings. The van der Waals surface area contributed by atoms with Crippen molar-refractivity contribution in [3.05, 3.63) is 23.8 Å². The zero-order valence-electron chi connectivity index (χ0n) is 17.9. The van der Waals surface area contributed by atoms with Crippen molar-refractivity contribution in [3.8, 4) is 11.5 Å². The van der Waals surface area contributed by atoms with Crippen LogP contribution in [0, 0.1) is 0 Å². The molecule has 1 aliphatic heterocycles. The van der Waals surface area contributed by atoms with Crippen molar-refractivity contribution < 1.29 is 14.2 Å². The number of rotatable bonds is 10. The molecule has 0 atom stereocenters. The van der Waals surface area contributed by atoms with Gasteiger partial charge in [0.15, 0.2) is 5.96 Å². The second-order valence-electron chi connectivity index (χ2n) is 6.82. The summed E-state index contributed by atoms with van der Waals surface area (Å²) in [5.74, 6) is 2.77. The van der Waals surface area contributed by atoms with Crippen LogP contribution in [0.1, 0.15) is 25.3 Å². The van der Waals surface area contributed by atoms with Crippen LogP contribution in [0.5, 0.6) is 11.5 Å². The van der Waals surface area contributed by atoms with E-state index in [-0.39, 0.29) is 0 Å². The highest BCUT2D eigenvalue weighted by Crippen LogP contribution is 2.25. The Balaban J connectivity index is 1.78. The molecule has 0 spiro atoms. The fourth-order valence-electron chi connectivity index (χ4n) is 3.37. The van der Waals surface area contributed by atoms with E-state index in [0.29, 0.717) is 0 Å². The summed E-state index contributed by atoms with van der Waals surface area (Å²) in [6, 6.07) is 5.97. The molecular formula is C21H36N4O3. The molecule has 0 amide bonds. The van der Waals surface area contributed by atoms with Crippen LogP contribution in [0.15, 0.2) is 23.2 Å². The van der Waals surface area contributed by atoms with E-state index in [1.54, 1.807) is 14.2 Å². The number of unbranched alkanes of at least 4 members (excludes halogenated alkanes) is 1. The van der Waals surface area contributed by atoms with E-state index >= 15 is 0 Å². The van der Waals surface area contributed by atoms with Gasteiger partial charge in [-0.2, -0.15) is 0 Å². The van der Waals surface area contributed by atoms with Gasteiger partial charge in [-0.25, -0.2) is 0 Å². The molecule has 0 saturated carbocycles. The Labute approximate surface area is 169 Å². The first-order valence-electron chi connectivity index (χ1n) is 10.2. The monoisotopic (exact) mass is 392 g/mol. The summed E-state index contributed by atoms with van der Waals surface area (Å²) in [6.45, 7) is 9.36. The summed E-state index contributed by atoms with van der Waals surface area (Å²) in [5, 5.41) is 3.48. The zero-order chi connectivity index (χ0) is 20.2. The molecule has 158 valence electrons. The van der Waals surface area contributed by atoms with Crippen LogP contribution < -0.4 is 14.8 Å². The molecule has 1 N–H and O–H groups in total. The molecular weight excluding hydrogens is 356 g/mol. The number of nitrogens with zero attached hydrogens (tertiary/aromatic N) is 3. The fourth-order valence-corrected chi connectivity index (χ4v) is 3.37. The van der Waals surface area contributed by atoms with E-state index < -0.39 is 0 Å². The molecule has 0 aromatic heterocycles. The average molecular weight is 393 g/mol. The summed E-state index contributed by atoms with van der Waals surface area (Å²) in [7, 11) is 5.27. The maximum absolute atomic E-state index is 5.51. The largest absolute Gasteiger partial charge is 0.497 e. The summed E-state index contributed by atoms with van der Waals surface area (Å²) < 4.78 is 16.3. The molecule has 1 aliphatic rings. The normalized spacial score (nSPS) is 15.6. The lowest BCUT2D eigenvalue weighted by atomic mass is 10.1. The van der Waals surface area contributed by atoms with Crippen LogP contribution in [0.2, 0.25) is 0 Å². The lowest BCUT2D eigenvalue weighted by Crippen LogP contribution is -2.52. The Kier molecular flexibility index (Phi) is 9.93. The molecule has 2 rings (SSSR count). The molecule has 7 heteroatoms. The molecule has 0 radical (unpaired) electrons. The van der Waals surface area contributed by atoms with E-state index in [1.165, 1.54) is 0 Å². The van der Waals surface area contributed by atoms with Gasteiger partial charge < -0.3 is 24.4 Å². The van der Waals surface area contributed by atoms with Gasteiger partial charge in [0.1, 0.15) is 11.5 Å². The van der Waals surface area contributed by atoms with Crippen LogP contribution in [0.4, 0.5) is 0 Å².